The van der Waals surface area contributed by atoms with Crippen LogP contribution >= 0.6 is 0 Å². The molecule has 1 aliphatic heterocycles. The predicted octanol–water partition coefficient (Wildman–Crippen LogP) is 2.74. The Balaban J connectivity index is 2.86. The van der Waals surface area contributed by atoms with Crippen LogP contribution in [0.3, 0.4) is 0 Å². The maximum absolute atomic E-state index is 14.9. The number of nitriles is 1. The number of methoxy groups -OCH3 is 1. The van der Waals surface area contributed by atoms with Gasteiger partial charge in [0.25, 0.3) is 0 Å². The van der Waals surface area contributed by atoms with Crippen LogP contribution in [0.15, 0.2) is 29.5 Å². The highest BCUT2D eigenvalue weighted by molar-refractivity contribution is 5.78. The van der Waals surface area contributed by atoms with Crippen LogP contribution < -0.4 is 10.4 Å². The molecule has 0 amide bonds. The van der Waals surface area contributed by atoms with E-state index in [9.17, 15) is 32.7 Å². The molecule has 0 aromatic heterocycles. The number of ether oxygens (including phenoxy) is 1. The molecule has 0 spiro atoms. The molecule has 2 rings (SSSR count). The third kappa shape index (κ3) is 3.69. The quantitative estimate of drug-likeness (QED) is 0.751. The van der Waals surface area contributed by atoms with E-state index in [-0.39, 0.29) is 17.7 Å². The van der Waals surface area contributed by atoms with Crippen molar-refractivity contribution in [2.75, 3.05) is 13.7 Å². The van der Waals surface area contributed by atoms with Gasteiger partial charge < -0.3 is 20.0 Å². The fourth-order valence-electron chi connectivity index (χ4n) is 4.19. The Morgan fingerprint density at radius 3 is 2.45 bits per heavy atom. The van der Waals surface area contributed by atoms with Crippen LogP contribution in [0.4, 0.5) is 17.6 Å². The van der Waals surface area contributed by atoms with Gasteiger partial charge in [0.2, 0.25) is 0 Å². The molecule has 0 aliphatic carbocycles. The number of carbonyl (C=O) groups excluding carboxylic acids is 1. The Kier molecular flexibility index (Phi) is 6.28. The first kappa shape index (κ1) is 22.7. The predicted molar refractivity (Wildman–Crippen MR) is 93.5 cm³/mol. The summed E-state index contributed by atoms with van der Waals surface area (Å²) in [6.45, 7) is 4.58. The number of hydrogen-bond donors (Lipinski definition) is 1. The smallest absolute Gasteiger partial charge is 0.416 e. The van der Waals surface area contributed by atoms with Crippen molar-refractivity contribution in [3.63, 3.8) is 0 Å². The molecule has 0 radical (unpaired) electrons. The number of nitrogens with zero attached hydrogens (tertiary/aromatic N) is 1. The topological polar surface area (TPSA) is 85.2 Å². The Bertz CT molecular complexity index is 873. The van der Waals surface area contributed by atoms with Gasteiger partial charge in [0, 0.05) is 24.1 Å². The molecular formula is C20H21F4N2O3-. The van der Waals surface area contributed by atoms with Gasteiger partial charge in [-0.3, -0.25) is 0 Å². The van der Waals surface area contributed by atoms with Crippen molar-refractivity contribution >= 4 is 5.97 Å². The van der Waals surface area contributed by atoms with Crippen LogP contribution in [-0.4, -0.2) is 25.7 Å². The lowest BCUT2D eigenvalue weighted by atomic mass is 9.57. The van der Waals surface area contributed by atoms with E-state index in [0.29, 0.717) is 17.8 Å². The first-order valence-electron chi connectivity index (χ1n) is 8.87. The van der Waals surface area contributed by atoms with E-state index in [1.54, 1.807) is 13.8 Å². The minimum absolute atomic E-state index is 0.0751. The van der Waals surface area contributed by atoms with Crippen molar-refractivity contribution < 1.29 is 32.2 Å². The van der Waals surface area contributed by atoms with Gasteiger partial charge >= 0.3 is 6.18 Å². The van der Waals surface area contributed by atoms with Crippen LogP contribution in [0.1, 0.15) is 37.8 Å². The van der Waals surface area contributed by atoms with Crippen molar-refractivity contribution in [2.24, 2.45) is 11.3 Å². The highest BCUT2D eigenvalue weighted by Crippen LogP contribution is 2.52. The minimum Gasteiger partial charge on any atom is -0.549 e. The lowest BCUT2D eigenvalue weighted by Crippen LogP contribution is -2.64. The second-order valence-corrected chi connectivity index (χ2v) is 7.34. The number of carboxylic acid groups (broad SMARTS) is 1. The van der Waals surface area contributed by atoms with Gasteiger partial charge in [-0.15, -0.1) is 0 Å². The van der Waals surface area contributed by atoms with Gasteiger partial charge in [0.1, 0.15) is 5.82 Å². The van der Waals surface area contributed by atoms with E-state index in [1.807, 2.05) is 6.07 Å². The van der Waals surface area contributed by atoms with Gasteiger partial charge in [0.05, 0.1) is 35.8 Å². The summed E-state index contributed by atoms with van der Waals surface area (Å²) in [5.74, 6) is -4.83. The van der Waals surface area contributed by atoms with E-state index in [2.05, 4.69) is 5.32 Å². The summed E-state index contributed by atoms with van der Waals surface area (Å²) in [6, 6.07) is 2.88. The van der Waals surface area contributed by atoms with Crippen LogP contribution in [0.5, 0.6) is 0 Å². The number of aliphatic carboxylic acids is 1. The zero-order valence-electron chi connectivity index (χ0n) is 16.4. The molecule has 0 bridgehead atoms. The van der Waals surface area contributed by atoms with Gasteiger partial charge in [0.15, 0.2) is 0 Å². The molecule has 0 saturated heterocycles. The fourth-order valence-corrected chi connectivity index (χ4v) is 4.19. The van der Waals surface area contributed by atoms with Crippen LogP contribution in [0, 0.1) is 28.5 Å². The standard InChI is InChI=1S/C20H22F4N2O3/c1-10(2)19(18(27)28)16(9-29-4)26-11(3)14(8-25)17(19)13-6-5-12(7-15(13)21)20(22,23)24/h5-7,10,16-17,26H,9H2,1-4H3,(H,27,28)/p-1. The number of alkyl halides is 3. The summed E-state index contributed by atoms with van der Waals surface area (Å²) < 4.78 is 58.9. The van der Waals surface area contributed by atoms with Crippen molar-refractivity contribution in [2.45, 2.75) is 38.9 Å². The average molecular weight is 413 g/mol. The van der Waals surface area contributed by atoms with Gasteiger partial charge in [-0.05, 0) is 30.5 Å². The summed E-state index contributed by atoms with van der Waals surface area (Å²) in [6.07, 6.45) is -4.76. The summed E-state index contributed by atoms with van der Waals surface area (Å²) >= 11 is 0. The van der Waals surface area contributed by atoms with Gasteiger partial charge in [-0.1, -0.05) is 19.9 Å². The Labute approximate surface area is 166 Å². The summed E-state index contributed by atoms with van der Waals surface area (Å²) in [5.41, 5.74) is -3.13. The summed E-state index contributed by atoms with van der Waals surface area (Å²) in [5, 5.41) is 25.1. The van der Waals surface area contributed by atoms with E-state index < -0.39 is 46.8 Å². The first-order valence-corrected chi connectivity index (χ1v) is 8.87. The van der Waals surface area contributed by atoms with E-state index in [0.717, 1.165) is 6.07 Å². The summed E-state index contributed by atoms with van der Waals surface area (Å²) in [7, 11) is 1.36. The maximum atomic E-state index is 14.9. The van der Waals surface area contributed by atoms with Crippen LogP contribution in [0.25, 0.3) is 0 Å². The number of hydrogen-bond acceptors (Lipinski definition) is 5. The third-order valence-corrected chi connectivity index (χ3v) is 5.54. The minimum atomic E-state index is -4.76. The SMILES string of the molecule is COCC1NC(C)=C(C#N)C(c2ccc(C(F)(F)F)cc2F)C1(C(=O)[O-])C(C)C. The average Bonchev–Trinajstić information content (AvgIpc) is 2.60. The van der Waals surface area contributed by atoms with Crippen LogP contribution in [0.2, 0.25) is 0 Å². The zero-order chi connectivity index (χ0) is 22.1. The van der Waals surface area contributed by atoms with Crippen molar-refractivity contribution in [1.29, 1.82) is 5.26 Å². The second kappa shape index (κ2) is 8.03. The van der Waals surface area contributed by atoms with E-state index in [1.165, 1.54) is 14.0 Å². The van der Waals surface area contributed by atoms with Gasteiger partial charge in [-0.25, -0.2) is 4.39 Å². The Morgan fingerprint density at radius 2 is 2.03 bits per heavy atom. The molecule has 1 aromatic carbocycles. The molecule has 3 unspecified atom stereocenters. The van der Waals surface area contributed by atoms with E-state index >= 15 is 0 Å². The van der Waals surface area contributed by atoms with E-state index in [4.69, 9.17) is 4.74 Å². The molecule has 5 nitrogen and oxygen atoms in total. The number of nitrogens with one attached hydrogen (secondary N) is 1. The van der Waals surface area contributed by atoms with Crippen LogP contribution in [-0.2, 0) is 15.7 Å². The lowest BCUT2D eigenvalue weighted by Gasteiger charge is -2.53. The highest BCUT2D eigenvalue weighted by Gasteiger charge is 2.55. The third-order valence-electron chi connectivity index (χ3n) is 5.54. The molecule has 1 heterocycles. The molecule has 3 atom stereocenters. The molecule has 29 heavy (non-hydrogen) atoms. The second-order valence-electron chi connectivity index (χ2n) is 7.34. The molecule has 9 heteroatoms. The van der Waals surface area contributed by atoms with Crippen molar-refractivity contribution in [3.05, 3.63) is 46.4 Å². The lowest BCUT2D eigenvalue weighted by molar-refractivity contribution is -0.325. The number of allylic oxidation sites excluding steroid dienone is 2. The normalized spacial score (nSPS) is 25.0. The molecule has 158 valence electrons. The number of rotatable bonds is 5. The number of benzene rings is 1. The zero-order valence-corrected chi connectivity index (χ0v) is 16.4. The highest BCUT2D eigenvalue weighted by atomic mass is 19.4. The maximum Gasteiger partial charge on any atom is 0.416 e. The molecule has 1 aromatic rings. The monoisotopic (exact) mass is 413 g/mol. The largest absolute Gasteiger partial charge is 0.549 e. The molecular weight excluding hydrogens is 392 g/mol. The Hall–Kier alpha value is -2.60. The number of carbonyl (C=O) groups is 1. The molecule has 0 fully saturated rings. The van der Waals surface area contributed by atoms with Crippen molar-refractivity contribution in [3.8, 4) is 6.07 Å². The molecule has 0 saturated carbocycles. The van der Waals surface area contributed by atoms with Gasteiger partial charge in [-0.2, -0.15) is 18.4 Å². The molecule has 1 aliphatic rings. The Morgan fingerprint density at radius 1 is 1.41 bits per heavy atom. The van der Waals surface area contributed by atoms with Crippen molar-refractivity contribution in [1.82, 2.24) is 5.32 Å². The fraction of sp³-hybridized carbons (Fsp3) is 0.500. The summed E-state index contributed by atoms with van der Waals surface area (Å²) in [4.78, 5) is 12.5. The number of halogens is 4. The first-order chi connectivity index (χ1) is 13.4. The number of carboxylic acids is 1. The molecule has 1 N–H and O–H groups in total.